The van der Waals surface area contributed by atoms with Crippen molar-refractivity contribution < 1.29 is 9.53 Å². The summed E-state index contributed by atoms with van der Waals surface area (Å²) in [6.07, 6.45) is 0. The Hall–Kier alpha value is -1.85. The summed E-state index contributed by atoms with van der Waals surface area (Å²) in [5, 5.41) is 5.97. The molecule has 0 atom stereocenters. The van der Waals surface area contributed by atoms with Crippen molar-refractivity contribution in [1.82, 2.24) is 5.32 Å². The largest absolute Gasteiger partial charge is 0.496 e. The van der Waals surface area contributed by atoms with E-state index in [1.807, 2.05) is 37.4 Å². The van der Waals surface area contributed by atoms with E-state index in [1.165, 1.54) is 0 Å². The van der Waals surface area contributed by atoms with Crippen molar-refractivity contribution in [2.24, 2.45) is 0 Å². The number of rotatable bonds is 5. The summed E-state index contributed by atoms with van der Waals surface area (Å²) in [7, 11) is 3.43. The van der Waals surface area contributed by atoms with Crippen LogP contribution in [0.15, 0.2) is 46.9 Å². The Morgan fingerprint density at radius 3 is 2.76 bits per heavy atom. The molecule has 0 aliphatic carbocycles. The molecule has 0 heterocycles. The van der Waals surface area contributed by atoms with Crippen molar-refractivity contribution in [2.45, 2.75) is 6.54 Å². The zero-order valence-electron chi connectivity index (χ0n) is 11.9. The third-order valence-electron chi connectivity index (χ3n) is 2.97. The van der Waals surface area contributed by atoms with Crippen molar-refractivity contribution in [3.05, 3.63) is 58.1 Å². The highest BCUT2D eigenvalue weighted by molar-refractivity contribution is 9.10. The highest BCUT2D eigenvalue weighted by Crippen LogP contribution is 2.24. The highest BCUT2D eigenvalue weighted by Gasteiger charge is 2.12. The minimum absolute atomic E-state index is 0.194. The van der Waals surface area contributed by atoms with Crippen LogP contribution in [0.25, 0.3) is 0 Å². The quantitative estimate of drug-likeness (QED) is 0.870. The van der Waals surface area contributed by atoms with E-state index < -0.39 is 0 Å². The van der Waals surface area contributed by atoms with Crippen LogP contribution in [0.5, 0.6) is 5.75 Å². The first-order valence-electron chi connectivity index (χ1n) is 6.52. The molecule has 110 valence electrons. The van der Waals surface area contributed by atoms with Gasteiger partial charge in [0.25, 0.3) is 5.91 Å². The molecule has 0 aliphatic heterocycles. The average Bonchev–Trinajstić information content (AvgIpc) is 2.47. The lowest BCUT2D eigenvalue weighted by Crippen LogP contribution is -2.13. The first-order valence-corrected chi connectivity index (χ1v) is 7.31. The maximum atomic E-state index is 12.4. The molecule has 0 saturated carbocycles. The van der Waals surface area contributed by atoms with Crippen molar-refractivity contribution in [3.8, 4) is 5.75 Å². The molecule has 0 bridgehead atoms. The summed E-state index contributed by atoms with van der Waals surface area (Å²) < 4.78 is 6.11. The Bertz CT molecular complexity index is 644. The minimum Gasteiger partial charge on any atom is -0.496 e. The molecule has 0 spiro atoms. The number of halogens is 1. The van der Waals surface area contributed by atoms with Gasteiger partial charge in [0, 0.05) is 16.7 Å². The molecule has 0 radical (unpaired) electrons. The van der Waals surface area contributed by atoms with Crippen LogP contribution in [0, 0.1) is 0 Å². The molecular weight excluding hydrogens is 332 g/mol. The van der Waals surface area contributed by atoms with Crippen LogP contribution in [-0.4, -0.2) is 20.1 Å². The lowest BCUT2D eigenvalue weighted by molar-refractivity contribution is 0.102. The number of carbonyl (C=O) groups excluding carboxylic acids is 1. The van der Waals surface area contributed by atoms with Crippen molar-refractivity contribution >= 4 is 27.5 Å². The van der Waals surface area contributed by atoms with E-state index >= 15 is 0 Å². The summed E-state index contributed by atoms with van der Waals surface area (Å²) in [6.45, 7) is 0.755. The molecule has 0 aromatic heterocycles. The normalized spacial score (nSPS) is 10.2. The summed E-state index contributed by atoms with van der Waals surface area (Å²) >= 11 is 3.36. The van der Waals surface area contributed by atoms with Gasteiger partial charge in [0.15, 0.2) is 0 Å². The third-order valence-corrected chi connectivity index (χ3v) is 3.47. The van der Waals surface area contributed by atoms with Gasteiger partial charge in [-0.2, -0.15) is 0 Å². The lowest BCUT2D eigenvalue weighted by Gasteiger charge is -2.10. The number of methoxy groups -OCH3 is 1. The van der Waals surface area contributed by atoms with Gasteiger partial charge in [0.2, 0.25) is 0 Å². The van der Waals surface area contributed by atoms with Gasteiger partial charge in [-0.05, 0) is 42.9 Å². The van der Waals surface area contributed by atoms with Crippen molar-refractivity contribution in [3.63, 3.8) is 0 Å². The smallest absolute Gasteiger partial charge is 0.259 e. The van der Waals surface area contributed by atoms with Gasteiger partial charge >= 0.3 is 0 Å². The highest BCUT2D eigenvalue weighted by atomic mass is 79.9. The Balaban J connectivity index is 2.20. The van der Waals surface area contributed by atoms with Crippen molar-refractivity contribution in [1.29, 1.82) is 0 Å². The van der Waals surface area contributed by atoms with Crippen LogP contribution < -0.4 is 15.4 Å². The number of ether oxygens (including phenoxy) is 1. The van der Waals surface area contributed by atoms with Crippen LogP contribution in [0.3, 0.4) is 0 Å². The number of anilines is 1. The Labute approximate surface area is 132 Å². The molecule has 0 saturated heterocycles. The maximum Gasteiger partial charge on any atom is 0.259 e. The topological polar surface area (TPSA) is 50.4 Å². The molecule has 2 aromatic carbocycles. The van der Waals surface area contributed by atoms with Gasteiger partial charge in [0.1, 0.15) is 5.75 Å². The zero-order valence-corrected chi connectivity index (χ0v) is 13.5. The predicted molar refractivity (Wildman–Crippen MR) is 87.9 cm³/mol. The molecule has 0 unspecified atom stereocenters. The molecule has 5 heteroatoms. The van der Waals surface area contributed by atoms with Crippen LogP contribution in [0.4, 0.5) is 5.69 Å². The van der Waals surface area contributed by atoms with E-state index in [2.05, 4.69) is 26.6 Å². The van der Waals surface area contributed by atoms with Crippen LogP contribution in [0.2, 0.25) is 0 Å². The number of hydrogen-bond donors (Lipinski definition) is 2. The fourth-order valence-electron chi connectivity index (χ4n) is 2.01. The van der Waals surface area contributed by atoms with Crippen LogP contribution >= 0.6 is 15.9 Å². The fourth-order valence-corrected chi connectivity index (χ4v) is 2.35. The van der Waals surface area contributed by atoms with Gasteiger partial charge in [-0.25, -0.2) is 0 Å². The Morgan fingerprint density at radius 1 is 1.24 bits per heavy atom. The summed E-state index contributed by atoms with van der Waals surface area (Å²) in [5.74, 6) is 0.342. The lowest BCUT2D eigenvalue weighted by atomic mass is 10.1. The van der Waals surface area contributed by atoms with E-state index in [4.69, 9.17) is 4.74 Å². The van der Waals surface area contributed by atoms with Gasteiger partial charge in [0.05, 0.1) is 12.7 Å². The molecule has 0 aliphatic rings. The first-order chi connectivity index (χ1) is 10.1. The van der Waals surface area contributed by atoms with Gasteiger partial charge < -0.3 is 15.4 Å². The molecular formula is C16H17BrN2O2. The number of amides is 1. The fraction of sp³-hybridized carbons (Fsp3) is 0.188. The standard InChI is InChI=1S/C16H17BrN2O2/c1-18-10-11-4-3-5-13(8-11)19-16(20)14-7-6-12(17)9-15(14)21-2/h3-9,18H,10H2,1-2H3,(H,19,20). The SMILES string of the molecule is CNCc1cccc(NC(=O)c2ccc(Br)cc2OC)c1. The van der Waals surface area contributed by atoms with E-state index in [1.54, 1.807) is 19.2 Å². The van der Waals surface area contributed by atoms with Crippen LogP contribution in [0.1, 0.15) is 15.9 Å². The molecule has 1 amide bonds. The first kappa shape index (κ1) is 15.5. The molecule has 2 aromatic rings. The second-order valence-electron chi connectivity index (χ2n) is 4.53. The summed E-state index contributed by atoms with van der Waals surface area (Å²) in [5.41, 5.74) is 2.37. The average molecular weight is 349 g/mol. The van der Waals surface area contributed by atoms with Gasteiger partial charge in [-0.3, -0.25) is 4.79 Å². The number of nitrogens with one attached hydrogen (secondary N) is 2. The van der Waals surface area contributed by atoms with Gasteiger partial charge in [-0.15, -0.1) is 0 Å². The second-order valence-corrected chi connectivity index (χ2v) is 5.45. The zero-order chi connectivity index (χ0) is 15.2. The number of carbonyl (C=O) groups is 1. The predicted octanol–water partition coefficient (Wildman–Crippen LogP) is 3.43. The molecule has 2 rings (SSSR count). The number of benzene rings is 2. The molecule has 21 heavy (non-hydrogen) atoms. The van der Waals surface area contributed by atoms with Crippen LogP contribution in [-0.2, 0) is 6.54 Å². The third kappa shape index (κ3) is 4.06. The van der Waals surface area contributed by atoms with E-state index in [0.29, 0.717) is 11.3 Å². The van der Waals surface area contributed by atoms with E-state index in [-0.39, 0.29) is 5.91 Å². The summed E-state index contributed by atoms with van der Waals surface area (Å²) in [4.78, 5) is 12.4. The summed E-state index contributed by atoms with van der Waals surface area (Å²) in [6, 6.07) is 13.0. The molecule has 0 fully saturated rings. The Kier molecular flexibility index (Phi) is 5.36. The molecule has 4 nitrogen and oxygen atoms in total. The van der Waals surface area contributed by atoms with Crippen molar-refractivity contribution in [2.75, 3.05) is 19.5 Å². The van der Waals surface area contributed by atoms with E-state index in [0.717, 1.165) is 22.3 Å². The van der Waals surface area contributed by atoms with Gasteiger partial charge in [-0.1, -0.05) is 28.1 Å². The minimum atomic E-state index is -0.194. The maximum absolute atomic E-state index is 12.4. The Morgan fingerprint density at radius 2 is 2.05 bits per heavy atom. The number of hydrogen-bond acceptors (Lipinski definition) is 3. The van der Waals surface area contributed by atoms with E-state index in [9.17, 15) is 4.79 Å². The second kappa shape index (κ2) is 7.24. The monoisotopic (exact) mass is 348 g/mol. The molecule has 2 N–H and O–H groups in total.